The molecule has 0 aliphatic rings. The van der Waals surface area contributed by atoms with Gasteiger partial charge in [0.05, 0.1) is 7.11 Å². The van der Waals surface area contributed by atoms with Crippen LogP contribution < -0.4 is 10.1 Å². The quantitative estimate of drug-likeness (QED) is 0.925. The van der Waals surface area contributed by atoms with E-state index in [0.717, 1.165) is 5.69 Å². The molecule has 1 N–H and O–H groups in total. The van der Waals surface area contributed by atoms with E-state index < -0.39 is 0 Å². The number of amides is 1. The van der Waals surface area contributed by atoms with E-state index in [-0.39, 0.29) is 5.91 Å². The number of hydrogen-bond acceptors (Lipinski definition) is 3. The number of carbonyl (C=O) groups excluding carboxylic acids is 1. The number of nitrogens with one attached hydrogen (secondary N) is 1. The van der Waals surface area contributed by atoms with Gasteiger partial charge in [-0.2, -0.15) is 0 Å². The van der Waals surface area contributed by atoms with E-state index in [0.29, 0.717) is 17.5 Å². The molecule has 0 aliphatic carbocycles. The molecule has 0 radical (unpaired) electrons. The maximum atomic E-state index is 12.1. The molecule has 0 aliphatic heterocycles. The summed E-state index contributed by atoms with van der Waals surface area (Å²) in [6.07, 6.45) is 0. The highest BCUT2D eigenvalue weighted by Gasteiger charge is 2.09. The van der Waals surface area contributed by atoms with Gasteiger partial charge in [-0.15, -0.1) is 0 Å². The smallest absolute Gasteiger partial charge is 0.274 e. The molecule has 0 saturated heterocycles. The lowest BCUT2D eigenvalue weighted by molar-refractivity contribution is 0.102. The van der Waals surface area contributed by atoms with Gasteiger partial charge in [0.1, 0.15) is 5.69 Å². The summed E-state index contributed by atoms with van der Waals surface area (Å²) in [6.45, 7) is 4.27. The largest absolute Gasteiger partial charge is 0.481 e. The molecule has 0 spiro atoms. The van der Waals surface area contributed by atoms with Gasteiger partial charge >= 0.3 is 0 Å². The Morgan fingerprint density at radius 3 is 2.45 bits per heavy atom. The van der Waals surface area contributed by atoms with E-state index in [2.05, 4.69) is 24.1 Å². The minimum Gasteiger partial charge on any atom is -0.481 e. The van der Waals surface area contributed by atoms with Crippen LogP contribution in [0.15, 0.2) is 42.5 Å². The van der Waals surface area contributed by atoms with Crippen molar-refractivity contribution >= 4 is 11.6 Å². The summed E-state index contributed by atoms with van der Waals surface area (Å²) in [5.41, 5.74) is 2.32. The number of methoxy groups -OCH3 is 1. The fraction of sp³-hybridized carbons (Fsp3) is 0.250. The maximum Gasteiger partial charge on any atom is 0.274 e. The molecule has 104 valence electrons. The summed E-state index contributed by atoms with van der Waals surface area (Å²) < 4.78 is 5.01. The molecular formula is C16H18N2O2. The van der Waals surface area contributed by atoms with Crippen molar-refractivity contribution < 1.29 is 9.53 Å². The van der Waals surface area contributed by atoms with Crippen LogP contribution >= 0.6 is 0 Å². The molecule has 1 aromatic heterocycles. The third-order valence-corrected chi connectivity index (χ3v) is 3.00. The molecule has 0 unspecified atom stereocenters. The number of aromatic nitrogens is 1. The third kappa shape index (κ3) is 3.35. The second-order valence-corrected chi connectivity index (χ2v) is 4.80. The number of carbonyl (C=O) groups is 1. The average Bonchev–Trinajstić information content (AvgIpc) is 2.47. The average molecular weight is 270 g/mol. The molecule has 1 aromatic carbocycles. The first-order valence-electron chi connectivity index (χ1n) is 6.52. The highest BCUT2D eigenvalue weighted by Crippen LogP contribution is 2.17. The van der Waals surface area contributed by atoms with Crippen LogP contribution in [0.25, 0.3) is 0 Å². The van der Waals surface area contributed by atoms with Gasteiger partial charge in [0.25, 0.3) is 5.91 Å². The van der Waals surface area contributed by atoms with E-state index in [1.165, 1.54) is 12.7 Å². The van der Waals surface area contributed by atoms with Gasteiger partial charge in [-0.05, 0) is 29.7 Å². The van der Waals surface area contributed by atoms with E-state index in [9.17, 15) is 4.79 Å². The van der Waals surface area contributed by atoms with Crippen molar-refractivity contribution in [2.24, 2.45) is 0 Å². The molecule has 0 bridgehead atoms. The van der Waals surface area contributed by atoms with E-state index in [1.54, 1.807) is 18.2 Å². The summed E-state index contributed by atoms with van der Waals surface area (Å²) in [5.74, 6) is 0.647. The van der Waals surface area contributed by atoms with Crippen LogP contribution in [0.2, 0.25) is 0 Å². The Bertz CT molecular complexity index is 592. The van der Waals surface area contributed by atoms with Crippen molar-refractivity contribution in [3.05, 3.63) is 53.7 Å². The van der Waals surface area contributed by atoms with Gasteiger partial charge in [-0.3, -0.25) is 4.79 Å². The normalized spacial score (nSPS) is 10.4. The standard InChI is InChI=1S/C16H18N2O2/c1-11(2)12-7-9-13(10-8-12)17-16(19)14-5-4-6-15(18-14)20-3/h4-11H,1-3H3,(H,17,19). The van der Waals surface area contributed by atoms with Crippen LogP contribution in [-0.2, 0) is 0 Å². The Labute approximate surface area is 118 Å². The number of rotatable bonds is 4. The van der Waals surface area contributed by atoms with Crippen LogP contribution in [0, 0.1) is 0 Å². The molecule has 2 aromatic rings. The van der Waals surface area contributed by atoms with Crippen molar-refractivity contribution in [3.8, 4) is 5.88 Å². The predicted molar refractivity (Wildman–Crippen MR) is 79.3 cm³/mol. The number of pyridine rings is 1. The highest BCUT2D eigenvalue weighted by atomic mass is 16.5. The first-order chi connectivity index (χ1) is 9.60. The highest BCUT2D eigenvalue weighted by molar-refractivity contribution is 6.02. The SMILES string of the molecule is COc1cccc(C(=O)Nc2ccc(C(C)C)cc2)n1. The summed E-state index contributed by atoms with van der Waals surface area (Å²) in [7, 11) is 1.52. The fourth-order valence-corrected chi connectivity index (χ4v) is 1.80. The van der Waals surface area contributed by atoms with E-state index >= 15 is 0 Å². The molecular weight excluding hydrogens is 252 g/mol. The van der Waals surface area contributed by atoms with Crippen LogP contribution in [-0.4, -0.2) is 18.0 Å². The first kappa shape index (κ1) is 14.1. The van der Waals surface area contributed by atoms with Gasteiger partial charge < -0.3 is 10.1 Å². The Morgan fingerprint density at radius 1 is 1.15 bits per heavy atom. The predicted octanol–water partition coefficient (Wildman–Crippen LogP) is 3.47. The van der Waals surface area contributed by atoms with Crippen molar-refractivity contribution in [2.75, 3.05) is 12.4 Å². The molecule has 2 rings (SSSR count). The van der Waals surface area contributed by atoms with E-state index in [1.807, 2.05) is 24.3 Å². The Balaban J connectivity index is 2.10. The second kappa shape index (κ2) is 6.19. The minimum absolute atomic E-state index is 0.249. The lowest BCUT2D eigenvalue weighted by Gasteiger charge is -2.08. The number of hydrogen-bond donors (Lipinski definition) is 1. The molecule has 20 heavy (non-hydrogen) atoms. The molecule has 0 atom stereocenters. The Hall–Kier alpha value is -2.36. The number of ether oxygens (including phenoxy) is 1. The van der Waals surface area contributed by atoms with Gasteiger partial charge in [0, 0.05) is 11.8 Å². The minimum atomic E-state index is -0.249. The summed E-state index contributed by atoms with van der Waals surface area (Å²) in [6, 6.07) is 12.9. The van der Waals surface area contributed by atoms with Crippen molar-refractivity contribution in [3.63, 3.8) is 0 Å². The fourth-order valence-electron chi connectivity index (χ4n) is 1.80. The van der Waals surface area contributed by atoms with E-state index in [4.69, 9.17) is 4.74 Å². The van der Waals surface area contributed by atoms with Crippen LogP contribution in [0.5, 0.6) is 5.88 Å². The van der Waals surface area contributed by atoms with Crippen LogP contribution in [0.4, 0.5) is 5.69 Å². The topological polar surface area (TPSA) is 51.2 Å². The van der Waals surface area contributed by atoms with Gasteiger partial charge in [-0.1, -0.05) is 32.0 Å². The molecule has 4 heteroatoms. The number of benzene rings is 1. The maximum absolute atomic E-state index is 12.1. The van der Waals surface area contributed by atoms with Crippen LogP contribution in [0.3, 0.4) is 0 Å². The van der Waals surface area contributed by atoms with Gasteiger partial charge in [0.2, 0.25) is 5.88 Å². The third-order valence-electron chi connectivity index (χ3n) is 3.00. The molecule has 0 fully saturated rings. The van der Waals surface area contributed by atoms with Crippen molar-refractivity contribution in [1.82, 2.24) is 4.98 Å². The molecule has 1 heterocycles. The van der Waals surface area contributed by atoms with Crippen LogP contribution in [0.1, 0.15) is 35.8 Å². The zero-order valence-electron chi connectivity index (χ0n) is 11.9. The lowest BCUT2D eigenvalue weighted by Crippen LogP contribution is -2.13. The number of nitrogens with zero attached hydrogens (tertiary/aromatic N) is 1. The first-order valence-corrected chi connectivity index (χ1v) is 6.52. The molecule has 1 amide bonds. The summed E-state index contributed by atoms with van der Waals surface area (Å²) >= 11 is 0. The zero-order valence-corrected chi connectivity index (χ0v) is 11.9. The second-order valence-electron chi connectivity index (χ2n) is 4.80. The Kier molecular flexibility index (Phi) is 4.35. The van der Waals surface area contributed by atoms with Gasteiger partial charge in [-0.25, -0.2) is 4.98 Å². The van der Waals surface area contributed by atoms with Crippen molar-refractivity contribution in [1.29, 1.82) is 0 Å². The molecule has 4 nitrogen and oxygen atoms in total. The zero-order chi connectivity index (χ0) is 14.5. The monoisotopic (exact) mass is 270 g/mol. The van der Waals surface area contributed by atoms with Crippen molar-refractivity contribution in [2.45, 2.75) is 19.8 Å². The van der Waals surface area contributed by atoms with Gasteiger partial charge in [0.15, 0.2) is 0 Å². The lowest BCUT2D eigenvalue weighted by atomic mass is 10.0. The number of anilines is 1. The summed E-state index contributed by atoms with van der Waals surface area (Å²) in [5, 5.41) is 2.82. The Morgan fingerprint density at radius 2 is 1.85 bits per heavy atom. The summed E-state index contributed by atoms with van der Waals surface area (Å²) in [4.78, 5) is 16.2. The molecule has 0 saturated carbocycles.